The van der Waals surface area contributed by atoms with Crippen molar-refractivity contribution in [1.29, 1.82) is 0 Å². The van der Waals surface area contributed by atoms with E-state index in [4.69, 9.17) is 5.11 Å². The third-order valence-corrected chi connectivity index (χ3v) is 1.05. The summed E-state index contributed by atoms with van der Waals surface area (Å²) >= 11 is 0. The summed E-state index contributed by atoms with van der Waals surface area (Å²) in [6.07, 6.45) is 8.82. The van der Waals surface area contributed by atoms with Gasteiger partial charge in [0.2, 0.25) is 0 Å². The number of hydrogen-bond acceptors (Lipinski definition) is 1. The summed E-state index contributed by atoms with van der Waals surface area (Å²) in [5, 5.41) is 8.46. The third-order valence-electron chi connectivity index (χ3n) is 1.05. The molecule has 60 valence electrons. The molecule has 1 aliphatic heterocycles. The molecule has 0 atom stereocenters. The minimum atomic E-state index is -0.976. The topological polar surface area (TPSA) is 40.5 Å². The van der Waals surface area contributed by atoms with Crippen LogP contribution in [0.25, 0.3) is 0 Å². The van der Waals surface area contributed by atoms with Gasteiger partial charge in [0.15, 0.2) is 0 Å². The van der Waals surface area contributed by atoms with Crippen LogP contribution in [-0.2, 0) is 0 Å². The Morgan fingerprint density at radius 3 is 1.91 bits per heavy atom. The van der Waals surface area contributed by atoms with Crippen LogP contribution in [0.1, 0.15) is 0 Å². The number of carbonyl (C=O) groups is 1. The number of rotatable bonds is 0. The van der Waals surface area contributed by atoms with Crippen molar-refractivity contribution in [2.45, 2.75) is 0 Å². The Bertz CT molecular complexity index is 204. The number of allylic oxidation sites excluding steroid dienone is 4. The zero-order valence-corrected chi connectivity index (χ0v) is 6.77. The Balaban J connectivity index is 0.000001000. The van der Waals surface area contributed by atoms with E-state index in [-0.39, 0.29) is 13.5 Å². The van der Waals surface area contributed by atoms with Crippen LogP contribution in [0.4, 0.5) is 4.79 Å². The molecule has 4 heteroatoms. The van der Waals surface area contributed by atoms with E-state index in [1.807, 2.05) is 0 Å². The Hall–Kier alpha value is -1.16. The molecule has 3 nitrogen and oxygen atoms in total. The molecule has 11 heavy (non-hydrogen) atoms. The molecule has 0 saturated heterocycles. The summed E-state index contributed by atoms with van der Waals surface area (Å²) in [6.45, 7) is 0. The minimum absolute atomic E-state index is 0. The lowest BCUT2D eigenvalue weighted by atomic mass is 10.5. The fourth-order valence-corrected chi connectivity index (χ4v) is 0.590. The number of carboxylic acid groups (broad SMARTS) is 1. The van der Waals surface area contributed by atoms with Gasteiger partial charge in [0.05, 0.1) is 0 Å². The molecule has 0 aliphatic carbocycles. The summed E-state index contributed by atoms with van der Waals surface area (Å²) in [5.74, 6) is 0. The number of amides is 1. The van der Waals surface area contributed by atoms with Crippen molar-refractivity contribution in [2.75, 3.05) is 0 Å². The smallest absolute Gasteiger partial charge is 0.415 e. The van der Waals surface area contributed by atoms with Crippen LogP contribution in [0.15, 0.2) is 36.7 Å². The van der Waals surface area contributed by atoms with Gasteiger partial charge in [-0.15, -0.1) is 0 Å². The number of hydrogen-bond donors (Lipinski definition) is 1. The molecule has 1 rings (SSSR count). The molecular weight excluding hydrogens is 162 g/mol. The summed E-state index contributed by atoms with van der Waals surface area (Å²) in [4.78, 5) is 11.4. The Morgan fingerprint density at radius 1 is 1.09 bits per heavy atom. The highest BCUT2D eigenvalue weighted by molar-refractivity contribution is 7.59. The average Bonchev–Trinajstić information content (AvgIpc) is 2.12. The fraction of sp³-hybridized carbons (Fsp3) is 0. The molecule has 0 aromatic heterocycles. The third kappa shape index (κ3) is 2.95. The van der Waals surface area contributed by atoms with Crippen LogP contribution in [0.2, 0.25) is 0 Å². The van der Waals surface area contributed by atoms with Crippen molar-refractivity contribution in [3.63, 3.8) is 0 Å². The SMILES string of the molecule is O=C(O)N1C=CC=CC=C1.S. The first-order valence-electron chi connectivity index (χ1n) is 2.83. The standard InChI is InChI=1S/C7H7NO2.H2S/c9-7(10)8-5-3-1-2-4-6-8;/h1-6H,(H,9,10);1H2. The van der Waals surface area contributed by atoms with E-state index in [2.05, 4.69) is 0 Å². The predicted molar refractivity (Wildman–Crippen MR) is 47.7 cm³/mol. The highest BCUT2D eigenvalue weighted by Gasteiger charge is 2.01. The van der Waals surface area contributed by atoms with Gasteiger partial charge in [-0.25, -0.2) is 4.79 Å². The monoisotopic (exact) mass is 171 g/mol. The van der Waals surface area contributed by atoms with Crippen LogP contribution in [0.3, 0.4) is 0 Å². The lowest BCUT2D eigenvalue weighted by Gasteiger charge is -2.04. The van der Waals surface area contributed by atoms with Crippen molar-refractivity contribution < 1.29 is 9.90 Å². The second-order valence-corrected chi connectivity index (χ2v) is 1.76. The zero-order chi connectivity index (χ0) is 7.40. The lowest BCUT2D eigenvalue weighted by molar-refractivity contribution is 0.175. The van der Waals surface area contributed by atoms with Crippen LogP contribution in [0.5, 0.6) is 0 Å². The summed E-state index contributed by atoms with van der Waals surface area (Å²) in [5.41, 5.74) is 0. The molecule has 0 fully saturated rings. The highest BCUT2D eigenvalue weighted by atomic mass is 32.1. The van der Waals surface area contributed by atoms with Crippen molar-refractivity contribution in [3.05, 3.63) is 36.7 Å². The van der Waals surface area contributed by atoms with Crippen LogP contribution in [0, 0.1) is 0 Å². The molecule has 1 amide bonds. The van der Waals surface area contributed by atoms with Crippen molar-refractivity contribution >= 4 is 19.6 Å². The van der Waals surface area contributed by atoms with Gasteiger partial charge in [-0.3, -0.25) is 4.90 Å². The lowest BCUT2D eigenvalue weighted by Crippen LogP contribution is -2.16. The Kier molecular flexibility index (Phi) is 4.14. The first kappa shape index (κ1) is 9.84. The van der Waals surface area contributed by atoms with Gasteiger partial charge in [0.1, 0.15) is 0 Å². The van der Waals surface area contributed by atoms with E-state index in [1.54, 1.807) is 24.3 Å². The van der Waals surface area contributed by atoms with Gasteiger partial charge in [-0.05, 0) is 12.2 Å². The minimum Gasteiger partial charge on any atom is -0.464 e. The second-order valence-electron chi connectivity index (χ2n) is 1.76. The van der Waals surface area contributed by atoms with Crippen LogP contribution in [-0.4, -0.2) is 16.1 Å². The van der Waals surface area contributed by atoms with Gasteiger partial charge in [-0.1, -0.05) is 12.2 Å². The van der Waals surface area contributed by atoms with Gasteiger partial charge >= 0.3 is 6.09 Å². The first-order valence-corrected chi connectivity index (χ1v) is 2.83. The molecule has 1 aliphatic rings. The van der Waals surface area contributed by atoms with E-state index in [0.717, 1.165) is 4.90 Å². The van der Waals surface area contributed by atoms with E-state index in [9.17, 15) is 4.79 Å². The molecule has 0 aromatic carbocycles. The zero-order valence-electron chi connectivity index (χ0n) is 5.77. The molecule has 0 saturated carbocycles. The summed E-state index contributed by atoms with van der Waals surface area (Å²) in [6, 6.07) is 0. The maximum absolute atomic E-state index is 10.3. The van der Waals surface area contributed by atoms with E-state index < -0.39 is 6.09 Å². The number of nitrogens with zero attached hydrogens (tertiary/aromatic N) is 1. The van der Waals surface area contributed by atoms with Crippen LogP contribution >= 0.6 is 13.5 Å². The summed E-state index contributed by atoms with van der Waals surface area (Å²) in [7, 11) is 0. The van der Waals surface area contributed by atoms with E-state index in [1.165, 1.54) is 12.4 Å². The second kappa shape index (κ2) is 4.62. The van der Waals surface area contributed by atoms with Crippen molar-refractivity contribution in [1.82, 2.24) is 4.90 Å². The maximum atomic E-state index is 10.3. The molecule has 0 radical (unpaired) electrons. The van der Waals surface area contributed by atoms with E-state index in [0.29, 0.717) is 0 Å². The van der Waals surface area contributed by atoms with Gasteiger partial charge in [0.25, 0.3) is 0 Å². The molecule has 0 aromatic rings. The normalized spacial score (nSPS) is 14.0. The van der Waals surface area contributed by atoms with E-state index >= 15 is 0 Å². The average molecular weight is 171 g/mol. The largest absolute Gasteiger partial charge is 0.464 e. The summed E-state index contributed by atoms with van der Waals surface area (Å²) < 4.78 is 0. The quantitative estimate of drug-likeness (QED) is 0.602. The maximum Gasteiger partial charge on any atom is 0.415 e. The Labute approximate surface area is 71.8 Å². The predicted octanol–water partition coefficient (Wildman–Crippen LogP) is 1.68. The molecule has 1 N–H and O–H groups in total. The molecule has 1 heterocycles. The highest BCUT2D eigenvalue weighted by Crippen LogP contribution is 1.97. The molecule has 0 unspecified atom stereocenters. The first-order chi connectivity index (χ1) is 4.80. The molecule has 0 spiro atoms. The van der Waals surface area contributed by atoms with Crippen LogP contribution < -0.4 is 0 Å². The van der Waals surface area contributed by atoms with Crippen molar-refractivity contribution in [3.8, 4) is 0 Å². The van der Waals surface area contributed by atoms with Gasteiger partial charge in [-0.2, -0.15) is 13.5 Å². The van der Waals surface area contributed by atoms with Gasteiger partial charge < -0.3 is 5.11 Å². The van der Waals surface area contributed by atoms with Gasteiger partial charge in [0, 0.05) is 12.4 Å². The Morgan fingerprint density at radius 2 is 1.55 bits per heavy atom. The molecule has 0 bridgehead atoms. The fourth-order valence-electron chi connectivity index (χ4n) is 0.590. The van der Waals surface area contributed by atoms with Crippen molar-refractivity contribution in [2.24, 2.45) is 0 Å². The molecular formula is C7H9NO2S.